The normalized spacial score (nSPS) is 31.2. The Morgan fingerprint density at radius 1 is 1.20 bits per heavy atom. The third-order valence-corrected chi connectivity index (χ3v) is 5.16. The van der Waals surface area contributed by atoms with Gasteiger partial charge in [-0.15, -0.1) is 0 Å². The molecule has 2 heterocycles. The fourth-order valence-electron chi connectivity index (χ4n) is 4.09. The van der Waals surface area contributed by atoms with Crippen molar-refractivity contribution >= 4 is 11.5 Å². The quantitative estimate of drug-likeness (QED) is 0.850. The van der Waals surface area contributed by atoms with Crippen LogP contribution in [0.4, 0.5) is 11.5 Å². The minimum atomic E-state index is 0.816. The number of aromatic nitrogens is 1. The highest BCUT2D eigenvalue weighted by molar-refractivity contribution is 5.65. The SMILES string of the molecule is C1=CC2CC1CC2CNc1cccnc1N1CCCC1. The van der Waals surface area contributed by atoms with Crippen molar-refractivity contribution < 1.29 is 0 Å². The van der Waals surface area contributed by atoms with Gasteiger partial charge in [0.15, 0.2) is 5.82 Å². The van der Waals surface area contributed by atoms with Crippen molar-refractivity contribution in [2.45, 2.75) is 25.7 Å². The van der Waals surface area contributed by atoms with Crippen LogP contribution in [0.15, 0.2) is 30.5 Å². The number of hydrogen-bond acceptors (Lipinski definition) is 3. The molecule has 1 saturated carbocycles. The maximum Gasteiger partial charge on any atom is 0.151 e. The van der Waals surface area contributed by atoms with Crippen LogP contribution in [0.1, 0.15) is 25.7 Å². The lowest BCUT2D eigenvalue weighted by Gasteiger charge is -2.23. The van der Waals surface area contributed by atoms with E-state index in [0.29, 0.717) is 0 Å². The van der Waals surface area contributed by atoms with Crippen LogP contribution >= 0.6 is 0 Å². The molecule has 0 spiro atoms. The number of nitrogens with zero attached hydrogens (tertiary/aromatic N) is 2. The molecule has 3 aliphatic rings. The average molecular weight is 269 g/mol. The molecule has 2 aliphatic carbocycles. The molecule has 1 N–H and O–H groups in total. The van der Waals surface area contributed by atoms with Gasteiger partial charge in [-0.1, -0.05) is 12.2 Å². The van der Waals surface area contributed by atoms with Gasteiger partial charge in [-0.25, -0.2) is 4.98 Å². The Labute approximate surface area is 121 Å². The predicted molar refractivity (Wildman–Crippen MR) is 83.0 cm³/mol. The molecule has 0 radical (unpaired) electrons. The first-order chi connectivity index (χ1) is 9.90. The highest BCUT2D eigenvalue weighted by atomic mass is 15.2. The summed E-state index contributed by atoms with van der Waals surface area (Å²) in [6.45, 7) is 3.41. The van der Waals surface area contributed by atoms with Gasteiger partial charge in [-0.3, -0.25) is 0 Å². The van der Waals surface area contributed by atoms with Crippen LogP contribution in [0.25, 0.3) is 0 Å². The van der Waals surface area contributed by atoms with Crippen LogP contribution in [0.2, 0.25) is 0 Å². The largest absolute Gasteiger partial charge is 0.382 e. The van der Waals surface area contributed by atoms with E-state index in [-0.39, 0.29) is 0 Å². The van der Waals surface area contributed by atoms with Crippen LogP contribution in [-0.4, -0.2) is 24.6 Å². The zero-order valence-electron chi connectivity index (χ0n) is 12.0. The fourth-order valence-corrected chi connectivity index (χ4v) is 4.09. The molecule has 2 fully saturated rings. The molecule has 4 rings (SSSR count). The number of pyridine rings is 1. The molecule has 3 nitrogen and oxygen atoms in total. The number of hydrogen-bond donors (Lipinski definition) is 1. The number of rotatable bonds is 4. The second-order valence-corrected chi connectivity index (χ2v) is 6.49. The van der Waals surface area contributed by atoms with Crippen molar-refractivity contribution in [1.29, 1.82) is 0 Å². The number of anilines is 2. The molecule has 1 aromatic heterocycles. The molecule has 3 heteroatoms. The molecule has 1 saturated heterocycles. The Kier molecular flexibility index (Phi) is 3.13. The molecule has 2 bridgehead atoms. The van der Waals surface area contributed by atoms with E-state index >= 15 is 0 Å². The van der Waals surface area contributed by atoms with Crippen molar-refractivity contribution in [2.24, 2.45) is 17.8 Å². The highest BCUT2D eigenvalue weighted by Gasteiger charge is 2.35. The monoisotopic (exact) mass is 269 g/mol. The van der Waals surface area contributed by atoms with E-state index in [1.807, 2.05) is 12.3 Å². The Morgan fingerprint density at radius 2 is 2.10 bits per heavy atom. The molecule has 1 aliphatic heterocycles. The van der Waals surface area contributed by atoms with E-state index in [4.69, 9.17) is 0 Å². The topological polar surface area (TPSA) is 28.2 Å². The first-order valence-corrected chi connectivity index (χ1v) is 8.02. The first-order valence-electron chi connectivity index (χ1n) is 8.02. The summed E-state index contributed by atoms with van der Waals surface area (Å²) in [6, 6.07) is 4.23. The van der Waals surface area contributed by atoms with E-state index in [1.54, 1.807) is 0 Å². The zero-order valence-corrected chi connectivity index (χ0v) is 12.0. The summed E-state index contributed by atoms with van der Waals surface area (Å²) in [7, 11) is 0. The van der Waals surface area contributed by atoms with Gasteiger partial charge in [0.1, 0.15) is 0 Å². The average Bonchev–Trinajstić information content (AvgIpc) is 3.22. The predicted octanol–water partition coefficient (Wildman–Crippen LogP) is 3.31. The van der Waals surface area contributed by atoms with E-state index in [2.05, 4.69) is 33.4 Å². The molecular formula is C17H23N3. The Bertz CT molecular complexity index is 505. The highest BCUT2D eigenvalue weighted by Crippen LogP contribution is 2.43. The lowest BCUT2D eigenvalue weighted by atomic mass is 9.93. The van der Waals surface area contributed by atoms with Gasteiger partial charge >= 0.3 is 0 Å². The van der Waals surface area contributed by atoms with Crippen LogP contribution in [0.5, 0.6) is 0 Å². The van der Waals surface area contributed by atoms with Crippen LogP contribution in [-0.2, 0) is 0 Å². The van der Waals surface area contributed by atoms with Crippen LogP contribution < -0.4 is 10.2 Å². The van der Waals surface area contributed by atoms with Gasteiger partial charge < -0.3 is 10.2 Å². The van der Waals surface area contributed by atoms with E-state index in [9.17, 15) is 0 Å². The lowest BCUT2D eigenvalue weighted by Crippen LogP contribution is -2.23. The molecule has 3 atom stereocenters. The zero-order chi connectivity index (χ0) is 13.4. The summed E-state index contributed by atoms with van der Waals surface area (Å²) in [5.74, 6) is 3.65. The van der Waals surface area contributed by atoms with E-state index in [0.717, 1.165) is 43.2 Å². The van der Waals surface area contributed by atoms with Crippen molar-refractivity contribution in [2.75, 3.05) is 29.9 Å². The molecule has 1 aromatic rings. The van der Waals surface area contributed by atoms with Gasteiger partial charge in [-0.2, -0.15) is 0 Å². The third-order valence-electron chi connectivity index (χ3n) is 5.16. The van der Waals surface area contributed by atoms with Crippen molar-refractivity contribution in [3.05, 3.63) is 30.5 Å². The van der Waals surface area contributed by atoms with Gasteiger partial charge in [0.05, 0.1) is 5.69 Å². The summed E-state index contributed by atoms with van der Waals surface area (Å²) < 4.78 is 0. The maximum atomic E-state index is 4.60. The lowest BCUT2D eigenvalue weighted by molar-refractivity contribution is 0.472. The molecular weight excluding hydrogens is 246 g/mol. The Hall–Kier alpha value is -1.51. The van der Waals surface area contributed by atoms with Gasteiger partial charge in [0.2, 0.25) is 0 Å². The summed E-state index contributed by atoms with van der Waals surface area (Å²) in [4.78, 5) is 7.02. The Morgan fingerprint density at radius 3 is 2.85 bits per heavy atom. The van der Waals surface area contributed by atoms with Crippen molar-refractivity contribution in [1.82, 2.24) is 4.98 Å². The first kappa shape index (κ1) is 12.2. The standard InChI is InChI=1S/C17H23N3/c1-2-9-20(8-1)17-16(4-3-7-18-17)19-12-15-11-13-5-6-14(15)10-13/h3-7,13-15,19H,1-2,8-12H2. The summed E-state index contributed by atoms with van der Waals surface area (Å²) in [6.07, 6.45) is 12.1. The third kappa shape index (κ3) is 2.19. The van der Waals surface area contributed by atoms with E-state index < -0.39 is 0 Å². The van der Waals surface area contributed by atoms with E-state index in [1.165, 1.54) is 31.4 Å². The second kappa shape index (κ2) is 5.12. The van der Waals surface area contributed by atoms with Gasteiger partial charge in [-0.05, 0) is 55.6 Å². The number of allylic oxidation sites excluding steroid dienone is 2. The smallest absolute Gasteiger partial charge is 0.151 e. The number of nitrogens with one attached hydrogen (secondary N) is 1. The second-order valence-electron chi connectivity index (χ2n) is 6.49. The van der Waals surface area contributed by atoms with Crippen molar-refractivity contribution in [3.8, 4) is 0 Å². The molecule has 20 heavy (non-hydrogen) atoms. The molecule has 0 aromatic carbocycles. The van der Waals surface area contributed by atoms with Crippen LogP contribution in [0, 0.1) is 17.8 Å². The molecule has 0 amide bonds. The van der Waals surface area contributed by atoms with Gasteiger partial charge in [0.25, 0.3) is 0 Å². The summed E-state index contributed by atoms with van der Waals surface area (Å²) in [5.41, 5.74) is 1.22. The Balaban J connectivity index is 1.44. The fraction of sp³-hybridized carbons (Fsp3) is 0.588. The van der Waals surface area contributed by atoms with Crippen LogP contribution in [0.3, 0.4) is 0 Å². The maximum absolute atomic E-state index is 4.60. The molecule has 3 unspecified atom stereocenters. The summed E-state index contributed by atoms with van der Waals surface area (Å²) in [5, 5.41) is 3.68. The number of fused-ring (bicyclic) bond motifs is 2. The minimum Gasteiger partial charge on any atom is -0.382 e. The minimum absolute atomic E-state index is 0.816. The van der Waals surface area contributed by atoms with Gasteiger partial charge in [0, 0.05) is 25.8 Å². The molecule has 106 valence electrons. The van der Waals surface area contributed by atoms with Crippen molar-refractivity contribution in [3.63, 3.8) is 0 Å². The summed E-state index contributed by atoms with van der Waals surface area (Å²) >= 11 is 0.